The highest BCUT2D eigenvalue weighted by atomic mass is 32.1. The third-order valence-corrected chi connectivity index (χ3v) is 4.74. The number of rotatable bonds is 4. The van der Waals surface area contributed by atoms with Gasteiger partial charge >= 0.3 is 0 Å². The maximum absolute atomic E-state index is 5.22. The topological polar surface area (TPSA) is 47.9 Å². The van der Waals surface area contributed by atoms with E-state index < -0.39 is 0 Å². The van der Waals surface area contributed by atoms with Gasteiger partial charge in [-0.3, -0.25) is 0 Å². The molecule has 110 valence electrons. The Labute approximate surface area is 132 Å². The van der Waals surface area contributed by atoms with E-state index in [9.17, 15) is 0 Å². The number of thiazole rings is 1. The molecule has 5 heteroatoms. The minimum atomic E-state index is 0.613. The van der Waals surface area contributed by atoms with Gasteiger partial charge in [-0.05, 0) is 43.0 Å². The number of aromatic nitrogens is 3. The minimum absolute atomic E-state index is 0.613. The molecule has 2 aromatic heterocycles. The van der Waals surface area contributed by atoms with Gasteiger partial charge in [-0.1, -0.05) is 0 Å². The molecule has 0 aliphatic heterocycles. The molecule has 1 fully saturated rings. The van der Waals surface area contributed by atoms with Gasteiger partial charge in [0.05, 0.1) is 28.9 Å². The smallest absolute Gasteiger partial charge is 0.118 e. The third kappa shape index (κ3) is 2.37. The van der Waals surface area contributed by atoms with E-state index in [4.69, 9.17) is 4.74 Å². The van der Waals surface area contributed by atoms with E-state index in [1.807, 2.05) is 36.0 Å². The second-order valence-electron chi connectivity index (χ2n) is 5.36. The summed E-state index contributed by atoms with van der Waals surface area (Å²) in [5.41, 5.74) is 6.23. The van der Waals surface area contributed by atoms with Crippen LogP contribution >= 0.6 is 11.3 Å². The standard InChI is InChI=1S/C17H15N3OS/c1-21-13-6-4-12(5-7-13)15-17(22-10-20-15)16-14(11-2-3-11)8-18-9-19-16/h4-11H,2-3H2,1H3. The number of methoxy groups -OCH3 is 1. The molecule has 0 atom stereocenters. The van der Waals surface area contributed by atoms with Gasteiger partial charge in [-0.2, -0.15) is 0 Å². The molecule has 0 bridgehead atoms. The molecule has 0 N–H and O–H groups in total. The maximum Gasteiger partial charge on any atom is 0.118 e. The van der Waals surface area contributed by atoms with E-state index in [1.165, 1.54) is 18.4 Å². The summed E-state index contributed by atoms with van der Waals surface area (Å²) in [5.74, 6) is 1.46. The number of hydrogen-bond acceptors (Lipinski definition) is 5. The summed E-state index contributed by atoms with van der Waals surface area (Å²) >= 11 is 1.63. The van der Waals surface area contributed by atoms with Crippen LogP contribution in [0.3, 0.4) is 0 Å². The lowest BCUT2D eigenvalue weighted by atomic mass is 10.1. The van der Waals surface area contributed by atoms with Crippen molar-refractivity contribution in [1.29, 1.82) is 0 Å². The lowest BCUT2D eigenvalue weighted by Gasteiger charge is -2.07. The third-order valence-electron chi connectivity index (χ3n) is 3.90. The second kappa shape index (κ2) is 5.50. The molecule has 0 amide bonds. The minimum Gasteiger partial charge on any atom is -0.497 e. The Balaban J connectivity index is 1.79. The highest BCUT2D eigenvalue weighted by Crippen LogP contribution is 2.45. The molecule has 0 saturated heterocycles. The monoisotopic (exact) mass is 309 g/mol. The Morgan fingerprint density at radius 3 is 2.64 bits per heavy atom. The van der Waals surface area contributed by atoms with Gasteiger partial charge in [0.2, 0.25) is 0 Å². The number of ether oxygens (including phenoxy) is 1. The molecular formula is C17H15N3OS. The van der Waals surface area contributed by atoms with Crippen LogP contribution in [0, 0.1) is 0 Å². The van der Waals surface area contributed by atoms with Crippen molar-refractivity contribution < 1.29 is 4.74 Å². The molecule has 4 nitrogen and oxygen atoms in total. The first-order chi connectivity index (χ1) is 10.9. The predicted octanol–water partition coefficient (Wildman–Crippen LogP) is 4.15. The Morgan fingerprint density at radius 1 is 1.09 bits per heavy atom. The molecule has 0 unspecified atom stereocenters. The van der Waals surface area contributed by atoms with Gasteiger partial charge in [0.1, 0.15) is 12.1 Å². The van der Waals surface area contributed by atoms with Crippen molar-refractivity contribution in [3.05, 3.63) is 47.9 Å². The molecule has 1 aromatic carbocycles. The number of hydrogen-bond donors (Lipinski definition) is 0. The fourth-order valence-corrected chi connectivity index (χ4v) is 3.42. The van der Waals surface area contributed by atoms with E-state index in [-0.39, 0.29) is 0 Å². The van der Waals surface area contributed by atoms with Crippen LogP contribution in [0.2, 0.25) is 0 Å². The van der Waals surface area contributed by atoms with E-state index in [0.29, 0.717) is 5.92 Å². The average molecular weight is 309 g/mol. The lowest BCUT2D eigenvalue weighted by Crippen LogP contribution is -1.93. The quantitative estimate of drug-likeness (QED) is 0.726. The molecule has 0 spiro atoms. The van der Waals surface area contributed by atoms with Crippen LogP contribution in [0.4, 0.5) is 0 Å². The molecular weight excluding hydrogens is 294 g/mol. The van der Waals surface area contributed by atoms with Crippen LogP contribution in [-0.4, -0.2) is 22.1 Å². The molecule has 1 aliphatic rings. The van der Waals surface area contributed by atoms with E-state index in [0.717, 1.165) is 27.6 Å². The highest BCUT2D eigenvalue weighted by Gasteiger charge is 2.28. The molecule has 22 heavy (non-hydrogen) atoms. The first-order valence-corrected chi connectivity index (χ1v) is 8.13. The van der Waals surface area contributed by atoms with Crippen molar-refractivity contribution >= 4 is 11.3 Å². The summed E-state index contributed by atoms with van der Waals surface area (Å²) in [6.07, 6.45) is 6.05. The average Bonchev–Trinajstić information content (AvgIpc) is 3.32. The van der Waals surface area contributed by atoms with E-state index in [2.05, 4.69) is 15.0 Å². The largest absolute Gasteiger partial charge is 0.497 e. The van der Waals surface area contributed by atoms with Crippen molar-refractivity contribution in [2.75, 3.05) is 7.11 Å². The molecule has 4 rings (SSSR count). The van der Waals surface area contributed by atoms with Crippen molar-refractivity contribution in [2.45, 2.75) is 18.8 Å². The van der Waals surface area contributed by atoms with Crippen LogP contribution in [-0.2, 0) is 0 Å². The predicted molar refractivity (Wildman–Crippen MR) is 87.1 cm³/mol. The fourth-order valence-electron chi connectivity index (χ4n) is 2.59. The molecule has 0 radical (unpaired) electrons. The van der Waals surface area contributed by atoms with Crippen LogP contribution in [0.5, 0.6) is 5.75 Å². The van der Waals surface area contributed by atoms with Gasteiger partial charge in [0, 0.05) is 17.3 Å². The zero-order chi connectivity index (χ0) is 14.9. The molecule has 3 aromatic rings. The van der Waals surface area contributed by atoms with Crippen molar-refractivity contribution in [1.82, 2.24) is 15.0 Å². The zero-order valence-corrected chi connectivity index (χ0v) is 13.0. The number of nitrogens with zero attached hydrogens (tertiary/aromatic N) is 3. The van der Waals surface area contributed by atoms with Crippen LogP contribution in [0.25, 0.3) is 21.8 Å². The van der Waals surface area contributed by atoms with Crippen LogP contribution in [0.1, 0.15) is 24.3 Å². The highest BCUT2D eigenvalue weighted by molar-refractivity contribution is 7.13. The molecule has 1 saturated carbocycles. The SMILES string of the molecule is COc1ccc(-c2ncsc2-c2ncncc2C2CC2)cc1. The fraction of sp³-hybridized carbons (Fsp3) is 0.235. The summed E-state index contributed by atoms with van der Waals surface area (Å²) in [4.78, 5) is 14.4. The maximum atomic E-state index is 5.22. The van der Waals surface area contributed by atoms with Crippen molar-refractivity contribution in [3.63, 3.8) is 0 Å². The Hall–Kier alpha value is -2.27. The van der Waals surface area contributed by atoms with Gasteiger partial charge in [0.15, 0.2) is 0 Å². The summed E-state index contributed by atoms with van der Waals surface area (Å²) < 4.78 is 5.22. The Bertz CT molecular complexity index is 794. The van der Waals surface area contributed by atoms with E-state index in [1.54, 1.807) is 24.8 Å². The second-order valence-corrected chi connectivity index (χ2v) is 6.21. The number of benzene rings is 1. The summed E-state index contributed by atoms with van der Waals surface area (Å²) in [6.45, 7) is 0. The molecule has 1 aliphatic carbocycles. The lowest BCUT2D eigenvalue weighted by molar-refractivity contribution is 0.415. The Morgan fingerprint density at radius 2 is 1.91 bits per heavy atom. The zero-order valence-electron chi connectivity index (χ0n) is 12.2. The first-order valence-electron chi connectivity index (χ1n) is 7.25. The van der Waals surface area contributed by atoms with Crippen LogP contribution < -0.4 is 4.74 Å². The first kappa shape index (κ1) is 13.4. The normalized spacial score (nSPS) is 14.0. The van der Waals surface area contributed by atoms with Gasteiger partial charge in [-0.25, -0.2) is 15.0 Å². The summed E-state index contributed by atoms with van der Waals surface area (Å²) in [5, 5.41) is 0. The van der Waals surface area contributed by atoms with E-state index >= 15 is 0 Å². The summed E-state index contributed by atoms with van der Waals surface area (Å²) in [6, 6.07) is 7.99. The van der Waals surface area contributed by atoms with Crippen LogP contribution in [0.15, 0.2) is 42.3 Å². The van der Waals surface area contributed by atoms with Crippen molar-refractivity contribution in [3.8, 4) is 27.6 Å². The van der Waals surface area contributed by atoms with Gasteiger partial charge < -0.3 is 4.74 Å². The van der Waals surface area contributed by atoms with Crippen molar-refractivity contribution in [2.24, 2.45) is 0 Å². The van der Waals surface area contributed by atoms with Gasteiger partial charge in [-0.15, -0.1) is 11.3 Å². The van der Waals surface area contributed by atoms with Gasteiger partial charge in [0.25, 0.3) is 0 Å². The summed E-state index contributed by atoms with van der Waals surface area (Å²) in [7, 11) is 1.67. The molecule has 2 heterocycles. The Kier molecular flexibility index (Phi) is 3.35.